The van der Waals surface area contributed by atoms with Crippen LogP contribution in [0.2, 0.25) is 0 Å². The summed E-state index contributed by atoms with van der Waals surface area (Å²) in [7, 11) is -1.82. The van der Waals surface area contributed by atoms with Crippen LogP contribution in [0.3, 0.4) is 0 Å². The fourth-order valence-corrected chi connectivity index (χ4v) is 3.99. The van der Waals surface area contributed by atoms with E-state index in [4.69, 9.17) is 9.47 Å². The Labute approximate surface area is 155 Å². The van der Waals surface area contributed by atoms with Gasteiger partial charge in [-0.25, -0.2) is 13.1 Å². The van der Waals surface area contributed by atoms with E-state index in [1.807, 2.05) is 0 Å². The predicted molar refractivity (Wildman–Crippen MR) is 88.9 cm³/mol. The van der Waals surface area contributed by atoms with E-state index in [-0.39, 0.29) is 26.9 Å². The highest BCUT2D eigenvalue weighted by Crippen LogP contribution is 2.29. The number of ketones is 1. The molecule has 1 heterocycles. The Hall–Kier alpha value is -2.60. The molecule has 7 nitrogen and oxygen atoms in total. The summed E-state index contributed by atoms with van der Waals surface area (Å²) in [5.41, 5.74) is 0. The number of carbonyl (C=O) groups excluding carboxylic acids is 2. The van der Waals surface area contributed by atoms with Crippen molar-refractivity contribution >= 4 is 33.1 Å². The van der Waals surface area contributed by atoms with Crippen LogP contribution in [0.1, 0.15) is 19.3 Å². The van der Waals surface area contributed by atoms with Gasteiger partial charge in [0.15, 0.2) is 0 Å². The van der Waals surface area contributed by atoms with Gasteiger partial charge in [-0.3, -0.25) is 9.59 Å². The highest BCUT2D eigenvalue weighted by Gasteiger charge is 2.40. The smallest absolute Gasteiger partial charge is 0.455 e. The molecule has 0 aliphatic rings. The lowest BCUT2D eigenvalue weighted by atomic mass is 10.3. The van der Waals surface area contributed by atoms with Crippen molar-refractivity contribution in [3.63, 3.8) is 0 Å². The molecule has 0 aliphatic carbocycles. The summed E-state index contributed by atoms with van der Waals surface area (Å²) < 4.78 is 73.7. The number of benzene rings is 1. The van der Waals surface area contributed by atoms with Gasteiger partial charge in [0.1, 0.15) is 16.4 Å². The zero-order valence-corrected chi connectivity index (χ0v) is 15.4. The molecule has 0 spiro atoms. The third-order valence-electron chi connectivity index (χ3n) is 3.20. The first-order chi connectivity index (χ1) is 12.5. The quantitative estimate of drug-likeness (QED) is 0.718. The Morgan fingerprint density at radius 3 is 2.22 bits per heavy atom. The van der Waals surface area contributed by atoms with Gasteiger partial charge in [0.2, 0.25) is 0 Å². The molecule has 0 radical (unpaired) electrons. The van der Waals surface area contributed by atoms with Gasteiger partial charge in [0.25, 0.3) is 21.7 Å². The standard InChI is InChI=1S/C15H12F3NO6S2/c1-24-8-3-6-12(9(7-8)25-2)27(22,23)19-14(21)11-5-4-10(26-11)13(20)15(16,17)18/h3-7H,1-2H3,(H,19,21). The van der Waals surface area contributed by atoms with Crippen LogP contribution < -0.4 is 14.2 Å². The number of halogens is 3. The highest BCUT2D eigenvalue weighted by atomic mass is 32.2. The van der Waals surface area contributed by atoms with Crippen molar-refractivity contribution in [1.29, 1.82) is 0 Å². The number of amides is 1. The molecule has 0 atom stereocenters. The zero-order valence-electron chi connectivity index (χ0n) is 13.8. The SMILES string of the molecule is COc1ccc(S(=O)(=O)NC(=O)c2ccc(C(=O)C(F)(F)F)s2)c(OC)c1. The van der Waals surface area contributed by atoms with Crippen molar-refractivity contribution in [3.8, 4) is 11.5 Å². The second-order valence-electron chi connectivity index (χ2n) is 4.94. The minimum atomic E-state index is -5.10. The van der Waals surface area contributed by atoms with Crippen molar-refractivity contribution in [1.82, 2.24) is 4.72 Å². The Morgan fingerprint density at radius 2 is 1.67 bits per heavy atom. The van der Waals surface area contributed by atoms with Crippen molar-refractivity contribution in [2.45, 2.75) is 11.1 Å². The Kier molecular flexibility index (Phi) is 5.80. The maximum absolute atomic E-state index is 12.4. The first-order valence-corrected chi connectivity index (χ1v) is 9.30. The van der Waals surface area contributed by atoms with E-state index in [2.05, 4.69) is 0 Å². The molecule has 146 valence electrons. The number of sulfonamides is 1. The third kappa shape index (κ3) is 4.57. The van der Waals surface area contributed by atoms with E-state index in [1.165, 1.54) is 26.4 Å². The van der Waals surface area contributed by atoms with Crippen molar-refractivity contribution in [3.05, 3.63) is 40.1 Å². The van der Waals surface area contributed by atoms with Crippen LogP contribution in [0.5, 0.6) is 11.5 Å². The molecule has 0 saturated carbocycles. The fraction of sp³-hybridized carbons (Fsp3) is 0.200. The maximum Gasteiger partial charge on any atom is 0.455 e. The second kappa shape index (κ2) is 7.56. The van der Waals surface area contributed by atoms with E-state index >= 15 is 0 Å². The molecule has 0 unspecified atom stereocenters. The predicted octanol–water partition coefficient (Wildman–Crippen LogP) is 2.63. The van der Waals surface area contributed by atoms with Crippen LogP contribution >= 0.6 is 11.3 Å². The number of ether oxygens (including phenoxy) is 2. The number of rotatable bonds is 6. The molecule has 2 aromatic rings. The lowest BCUT2D eigenvalue weighted by molar-refractivity contribution is -0.0882. The minimum absolute atomic E-state index is 0.103. The molecule has 0 bridgehead atoms. The fourth-order valence-electron chi connectivity index (χ4n) is 1.95. The van der Waals surface area contributed by atoms with Gasteiger partial charge in [-0.15, -0.1) is 11.3 Å². The molecule has 1 aromatic heterocycles. The normalized spacial score (nSPS) is 11.7. The van der Waals surface area contributed by atoms with E-state index in [0.717, 1.165) is 18.2 Å². The van der Waals surface area contributed by atoms with Crippen LogP contribution in [-0.2, 0) is 10.0 Å². The van der Waals surface area contributed by atoms with Gasteiger partial charge in [-0.05, 0) is 24.3 Å². The largest absolute Gasteiger partial charge is 0.497 e. The molecule has 1 N–H and O–H groups in total. The van der Waals surface area contributed by atoms with Crippen LogP contribution in [0.15, 0.2) is 35.2 Å². The van der Waals surface area contributed by atoms with Gasteiger partial charge in [0, 0.05) is 6.07 Å². The number of carbonyl (C=O) groups is 2. The Morgan fingerprint density at radius 1 is 1.04 bits per heavy atom. The van der Waals surface area contributed by atoms with Crippen LogP contribution in [0, 0.1) is 0 Å². The van der Waals surface area contributed by atoms with E-state index in [9.17, 15) is 31.2 Å². The van der Waals surface area contributed by atoms with E-state index in [1.54, 1.807) is 4.72 Å². The van der Waals surface area contributed by atoms with Gasteiger partial charge < -0.3 is 9.47 Å². The average molecular weight is 423 g/mol. The molecule has 0 aliphatic heterocycles. The number of methoxy groups -OCH3 is 2. The lowest BCUT2D eigenvalue weighted by Gasteiger charge is -2.11. The summed E-state index contributed by atoms with van der Waals surface area (Å²) in [6.45, 7) is 0. The van der Waals surface area contributed by atoms with Crippen molar-refractivity contribution in [2.75, 3.05) is 14.2 Å². The van der Waals surface area contributed by atoms with Crippen molar-refractivity contribution in [2.24, 2.45) is 0 Å². The molecular weight excluding hydrogens is 411 g/mol. The van der Waals surface area contributed by atoms with Gasteiger partial charge in [-0.1, -0.05) is 0 Å². The molecule has 1 aromatic carbocycles. The minimum Gasteiger partial charge on any atom is -0.497 e. The highest BCUT2D eigenvalue weighted by molar-refractivity contribution is 7.90. The number of hydrogen-bond donors (Lipinski definition) is 1. The summed E-state index contributed by atoms with van der Waals surface area (Å²) in [5.74, 6) is -3.09. The number of Topliss-reactive ketones (excluding diaryl/α,β-unsaturated/α-hetero) is 1. The molecule has 0 saturated heterocycles. The molecule has 27 heavy (non-hydrogen) atoms. The van der Waals surface area contributed by atoms with E-state index in [0.29, 0.717) is 5.75 Å². The second-order valence-corrected chi connectivity index (χ2v) is 7.68. The summed E-state index contributed by atoms with van der Waals surface area (Å²) in [5, 5.41) is 0. The Balaban J connectivity index is 2.28. The van der Waals surface area contributed by atoms with Gasteiger partial charge >= 0.3 is 6.18 Å². The van der Waals surface area contributed by atoms with Crippen LogP contribution in [-0.4, -0.2) is 40.5 Å². The zero-order chi connectivity index (χ0) is 20.4. The summed E-state index contributed by atoms with van der Waals surface area (Å²) in [6, 6.07) is 5.48. The monoisotopic (exact) mass is 423 g/mol. The number of nitrogens with one attached hydrogen (secondary N) is 1. The van der Waals surface area contributed by atoms with Crippen molar-refractivity contribution < 1.29 is 40.7 Å². The van der Waals surface area contributed by atoms with Crippen LogP contribution in [0.25, 0.3) is 0 Å². The maximum atomic E-state index is 12.4. The summed E-state index contributed by atoms with van der Waals surface area (Å²) in [4.78, 5) is 21.8. The van der Waals surface area contributed by atoms with E-state index < -0.39 is 32.8 Å². The molecule has 2 rings (SSSR count). The van der Waals surface area contributed by atoms with Gasteiger partial charge in [-0.2, -0.15) is 13.2 Å². The first-order valence-electron chi connectivity index (χ1n) is 7.00. The molecular formula is C15H12F3NO6S2. The average Bonchev–Trinajstić information content (AvgIpc) is 3.09. The first kappa shape index (κ1) is 20.7. The number of hydrogen-bond acceptors (Lipinski definition) is 7. The Bertz CT molecular complexity index is 982. The number of alkyl halides is 3. The lowest BCUT2D eigenvalue weighted by Crippen LogP contribution is -2.30. The molecule has 1 amide bonds. The molecule has 0 fully saturated rings. The van der Waals surface area contributed by atoms with Crippen LogP contribution in [0.4, 0.5) is 13.2 Å². The summed E-state index contributed by atoms with van der Waals surface area (Å²) in [6.07, 6.45) is -5.10. The number of thiophene rings is 1. The van der Waals surface area contributed by atoms with Gasteiger partial charge in [0.05, 0.1) is 24.0 Å². The summed E-state index contributed by atoms with van der Waals surface area (Å²) >= 11 is 0.231. The molecule has 12 heteroatoms. The third-order valence-corrected chi connectivity index (χ3v) is 5.65. The topological polar surface area (TPSA) is 98.8 Å².